The van der Waals surface area contributed by atoms with Gasteiger partial charge in [0.2, 0.25) is 5.91 Å². The van der Waals surface area contributed by atoms with Crippen LogP contribution < -0.4 is 0 Å². The van der Waals surface area contributed by atoms with Gasteiger partial charge in [0.1, 0.15) is 0 Å². The molecule has 74 valence electrons. The van der Waals surface area contributed by atoms with E-state index in [0.717, 1.165) is 12.8 Å². The summed E-state index contributed by atoms with van der Waals surface area (Å²) in [6.45, 7) is 2.95. The molecular weight excluding hydrogens is 190 g/mol. The Morgan fingerprint density at radius 2 is 1.92 bits per heavy atom. The van der Waals surface area contributed by atoms with Crippen LogP contribution in [0.15, 0.2) is 0 Å². The molecule has 0 atom stereocenters. The van der Waals surface area contributed by atoms with E-state index in [1.54, 1.807) is 11.8 Å². The van der Waals surface area contributed by atoms with Crippen LogP contribution in [-0.4, -0.2) is 35.6 Å². The molecule has 0 aromatic rings. The third-order valence-electron chi connectivity index (χ3n) is 2.53. The molecule has 1 heterocycles. The second-order valence-electron chi connectivity index (χ2n) is 3.38. The Morgan fingerprint density at radius 1 is 1.38 bits per heavy atom. The van der Waals surface area contributed by atoms with Crippen LogP contribution in [0.5, 0.6) is 0 Å². The van der Waals surface area contributed by atoms with Crippen LogP contribution in [0.4, 0.5) is 0 Å². The Bertz CT molecular complexity index is 210. The summed E-state index contributed by atoms with van der Waals surface area (Å²) in [5, 5.41) is 0. The molecule has 13 heavy (non-hydrogen) atoms. The molecule has 0 radical (unpaired) electrons. The highest BCUT2D eigenvalue weighted by atomic mass is 35.5. The maximum absolute atomic E-state index is 11.2. The fourth-order valence-corrected chi connectivity index (χ4v) is 1.84. The lowest BCUT2D eigenvalue weighted by Gasteiger charge is -2.30. The summed E-state index contributed by atoms with van der Waals surface area (Å²) in [7, 11) is 0. The normalized spacial score (nSPS) is 18.8. The fourth-order valence-electron chi connectivity index (χ4n) is 1.63. The van der Waals surface area contributed by atoms with Crippen LogP contribution in [0.1, 0.15) is 19.8 Å². The van der Waals surface area contributed by atoms with Crippen molar-refractivity contribution in [3.05, 3.63) is 0 Å². The molecule has 4 heteroatoms. The fraction of sp³-hybridized carbons (Fsp3) is 0.778. The Hall–Kier alpha value is -0.570. The second-order valence-corrected chi connectivity index (χ2v) is 3.65. The van der Waals surface area contributed by atoms with Crippen LogP contribution in [0, 0.1) is 5.92 Å². The predicted octanol–water partition coefficient (Wildman–Crippen LogP) is 1.05. The van der Waals surface area contributed by atoms with Crippen molar-refractivity contribution in [3.63, 3.8) is 0 Å². The van der Waals surface area contributed by atoms with E-state index in [-0.39, 0.29) is 23.5 Å². The minimum absolute atomic E-state index is 0.0769. The van der Waals surface area contributed by atoms with Gasteiger partial charge in [-0.2, -0.15) is 0 Å². The first-order valence-corrected chi connectivity index (χ1v) is 5.02. The first-order chi connectivity index (χ1) is 6.15. The summed E-state index contributed by atoms with van der Waals surface area (Å²) < 4.78 is 0. The summed E-state index contributed by atoms with van der Waals surface area (Å²) in [6, 6.07) is 0. The molecule has 1 saturated heterocycles. The summed E-state index contributed by atoms with van der Waals surface area (Å²) in [5.74, 6) is 0.389. The summed E-state index contributed by atoms with van der Waals surface area (Å²) in [4.78, 5) is 23.9. The largest absolute Gasteiger partial charge is 0.343 e. The van der Waals surface area contributed by atoms with Gasteiger partial charge < -0.3 is 4.90 Å². The standard InChI is InChI=1S/C9H14ClNO2/c1-7(12)11-4-2-8(3-5-11)9(13)6-10/h8H,2-6H2,1H3. The highest BCUT2D eigenvalue weighted by Crippen LogP contribution is 2.18. The minimum atomic E-state index is 0.0769. The van der Waals surface area contributed by atoms with Gasteiger partial charge in [-0.3, -0.25) is 9.59 Å². The average molecular weight is 204 g/mol. The monoisotopic (exact) mass is 203 g/mol. The number of nitrogens with zero attached hydrogens (tertiary/aromatic N) is 1. The molecule has 0 aromatic carbocycles. The van der Waals surface area contributed by atoms with Gasteiger partial charge in [0.25, 0.3) is 0 Å². The van der Waals surface area contributed by atoms with Crippen LogP contribution in [0.3, 0.4) is 0 Å². The SMILES string of the molecule is CC(=O)N1CCC(C(=O)CCl)CC1. The van der Waals surface area contributed by atoms with Gasteiger partial charge in [-0.15, -0.1) is 11.6 Å². The number of ketones is 1. The van der Waals surface area contributed by atoms with E-state index < -0.39 is 0 Å². The second kappa shape index (κ2) is 4.61. The molecule has 3 nitrogen and oxygen atoms in total. The van der Waals surface area contributed by atoms with E-state index in [1.165, 1.54) is 0 Å². The van der Waals surface area contributed by atoms with Gasteiger partial charge >= 0.3 is 0 Å². The first-order valence-electron chi connectivity index (χ1n) is 4.49. The number of likely N-dealkylation sites (tertiary alicyclic amines) is 1. The molecule has 0 saturated carbocycles. The average Bonchev–Trinajstić information content (AvgIpc) is 2.17. The first kappa shape index (κ1) is 10.5. The van der Waals surface area contributed by atoms with Gasteiger partial charge in [0.05, 0.1) is 5.88 Å². The highest BCUT2D eigenvalue weighted by molar-refractivity contribution is 6.27. The summed E-state index contributed by atoms with van der Waals surface area (Å²) >= 11 is 5.45. The van der Waals surface area contributed by atoms with Gasteiger partial charge in [0.15, 0.2) is 5.78 Å². The van der Waals surface area contributed by atoms with Crippen molar-refractivity contribution in [2.45, 2.75) is 19.8 Å². The van der Waals surface area contributed by atoms with Gasteiger partial charge in [-0.1, -0.05) is 0 Å². The Labute approximate surface area is 83.0 Å². The molecular formula is C9H14ClNO2. The van der Waals surface area contributed by atoms with Crippen molar-refractivity contribution >= 4 is 23.3 Å². The van der Waals surface area contributed by atoms with Crippen LogP contribution in [-0.2, 0) is 9.59 Å². The molecule has 0 spiro atoms. The summed E-state index contributed by atoms with van der Waals surface area (Å²) in [6.07, 6.45) is 1.54. The predicted molar refractivity (Wildman–Crippen MR) is 50.7 cm³/mol. The molecule has 0 bridgehead atoms. The van der Waals surface area contributed by atoms with Crippen molar-refractivity contribution < 1.29 is 9.59 Å². The maximum atomic E-state index is 11.2. The van der Waals surface area contributed by atoms with Crippen molar-refractivity contribution in [1.29, 1.82) is 0 Å². The molecule has 0 aliphatic carbocycles. The zero-order chi connectivity index (χ0) is 9.84. The third-order valence-corrected chi connectivity index (χ3v) is 2.79. The smallest absolute Gasteiger partial charge is 0.219 e. The third kappa shape index (κ3) is 2.69. The molecule has 1 rings (SSSR count). The van der Waals surface area contributed by atoms with E-state index in [4.69, 9.17) is 11.6 Å². The molecule has 0 aromatic heterocycles. The topological polar surface area (TPSA) is 37.4 Å². The Morgan fingerprint density at radius 3 is 2.31 bits per heavy atom. The van der Waals surface area contributed by atoms with E-state index in [2.05, 4.69) is 0 Å². The molecule has 1 fully saturated rings. The van der Waals surface area contributed by atoms with Crippen molar-refractivity contribution in [2.24, 2.45) is 5.92 Å². The van der Waals surface area contributed by atoms with E-state index in [9.17, 15) is 9.59 Å². The number of carbonyl (C=O) groups is 2. The quantitative estimate of drug-likeness (QED) is 0.630. The molecule has 0 N–H and O–H groups in total. The number of amides is 1. The number of alkyl halides is 1. The van der Waals surface area contributed by atoms with Gasteiger partial charge in [-0.25, -0.2) is 0 Å². The lowest BCUT2D eigenvalue weighted by atomic mass is 9.93. The number of hydrogen-bond donors (Lipinski definition) is 0. The molecule has 1 aliphatic heterocycles. The Kier molecular flexibility index (Phi) is 3.72. The lowest BCUT2D eigenvalue weighted by molar-refractivity contribution is -0.132. The molecule has 0 unspecified atom stereocenters. The zero-order valence-corrected chi connectivity index (χ0v) is 8.51. The number of carbonyl (C=O) groups excluding carboxylic acids is 2. The van der Waals surface area contributed by atoms with Gasteiger partial charge in [0, 0.05) is 25.9 Å². The number of rotatable bonds is 2. The minimum Gasteiger partial charge on any atom is -0.343 e. The van der Waals surface area contributed by atoms with Crippen molar-refractivity contribution in [3.8, 4) is 0 Å². The maximum Gasteiger partial charge on any atom is 0.219 e. The lowest BCUT2D eigenvalue weighted by Crippen LogP contribution is -2.39. The van der Waals surface area contributed by atoms with E-state index in [0.29, 0.717) is 13.1 Å². The van der Waals surface area contributed by atoms with Crippen LogP contribution in [0.2, 0.25) is 0 Å². The van der Waals surface area contributed by atoms with Crippen LogP contribution in [0.25, 0.3) is 0 Å². The zero-order valence-electron chi connectivity index (χ0n) is 7.75. The van der Waals surface area contributed by atoms with Crippen LogP contribution >= 0.6 is 11.6 Å². The molecule has 1 aliphatic rings. The number of Topliss-reactive ketones (excluding diaryl/α,β-unsaturated/α-hetero) is 1. The van der Waals surface area contributed by atoms with Crippen molar-refractivity contribution in [2.75, 3.05) is 19.0 Å². The van der Waals surface area contributed by atoms with E-state index in [1.807, 2.05) is 0 Å². The number of piperidine rings is 1. The molecule has 1 amide bonds. The van der Waals surface area contributed by atoms with E-state index >= 15 is 0 Å². The Balaban J connectivity index is 2.39. The highest BCUT2D eigenvalue weighted by Gasteiger charge is 2.24. The van der Waals surface area contributed by atoms with Gasteiger partial charge in [-0.05, 0) is 12.8 Å². The number of halogens is 1. The van der Waals surface area contributed by atoms with Crippen molar-refractivity contribution in [1.82, 2.24) is 4.90 Å². The summed E-state index contributed by atoms with van der Waals surface area (Å²) in [5.41, 5.74) is 0. The number of hydrogen-bond acceptors (Lipinski definition) is 2.